The van der Waals surface area contributed by atoms with E-state index in [0.29, 0.717) is 5.92 Å². The fraction of sp³-hybridized carbons (Fsp3) is 0.833. The van der Waals surface area contributed by atoms with Gasteiger partial charge < -0.3 is 5.32 Å². The van der Waals surface area contributed by atoms with Crippen molar-refractivity contribution >= 4 is 12.4 Å². The Bertz CT molecular complexity index is 119. The lowest BCUT2D eigenvalue weighted by atomic mass is 10.1. The van der Waals surface area contributed by atoms with Crippen LogP contribution in [0.5, 0.6) is 0 Å². The summed E-state index contributed by atoms with van der Waals surface area (Å²) in [7, 11) is 0. The Balaban J connectivity index is 0.000000640. The SMILES string of the molecule is C[C@@H]1CN[C@H](C#N)C1.Cl. The molecule has 0 unspecified atom stereocenters. The fourth-order valence-corrected chi connectivity index (χ4v) is 1.01. The van der Waals surface area contributed by atoms with Gasteiger partial charge in [0.25, 0.3) is 0 Å². The molecule has 1 aliphatic heterocycles. The Kier molecular flexibility index (Phi) is 3.60. The van der Waals surface area contributed by atoms with Crippen molar-refractivity contribution in [1.82, 2.24) is 5.32 Å². The zero-order valence-electron chi connectivity index (χ0n) is 5.42. The average Bonchev–Trinajstić information content (AvgIpc) is 2.14. The Hall–Kier alpha value is -0.260. The van der Waals surface area contributed by atoms with Gasteiger partial charge in [0.05, 0.1) is 12.1 Å². The third-order valence-corrected chi connectivity index (χ3v) is 1.51. The summed E-state index contributed by atoms with van der Waals surface area (Å²) in [5.41, 5.74) is 0. The molecule has 0 spiro atoms. The summed E-state index contributed by atoms with van der Waals surface area (Å²) in [6.45, 7) is 3.17. The van der Waals surface area contributed by atoms with Crippen molar-refractivity contribution in [3.8, 4) is 6.07 Å². The van der Waals surface area contributed by atoms with Crippen molar-refractivity contribution < 1.29 is 0 Å². The van der Waals surface area contributed by atoms with E-state index in [1.54, 1.807) is 0 Å². The molecule has 3 heteroatoms. The lowest BCUT2D eigenvalue weighted by Crippen LogP contribution is -2.18. The first kappa shape index (κ1) is 8.74. The molecule has 1 N–H and O–H groups in total. The van der Waals surface area contributed by atoms with Crippen molar-refractivity contribution in [2.45, 2.75) is 19.4 Å². The van der Waals surface area contributed by atoms with Crippen molar-refractivity contribution in [2.24, 2.45) is 5.92 Å². The predicted octanol–water partition coefficient (Wildman–Crippen LogP) is 0.930. The van der Waals surface area contributed by atoms with Gasteiger partial charge in [0.1, 0.15) is 0 Å². The van der Waals surface area contributed by atoms with Gasteiger partial charge in [-0.3, -0.25) is 0 Å². The molecule has 0 aromatic heterocycles. The van der Waals surface area contributed by atoms with E-state index >= 15 is 0 Å². The highest BCUT2D eigenvalue weighted by Gasteiger charge is 2.18. The maximum Gasteiger partial charge on any atom is 0.0956 e. The number of hydrogen-bond acceptors (Lipinski definition) is 2. The van der Waals surface area contributed by atoms with Gasteiger partial charge in [0, 0.05) is 0 Å². The maximum absolute atomic E-state index is 8.37. The maximum atomic E-state index is 8.37. The molecular formula is C6H11ClN2. The molecule has 2 nitrogen and oxygen atoms in total. The number of halogens is 1. The molecule has 0 radical (unpaired) electrons. The average molecular weight is 147 g/mol. The smallest absolute Gasteiger partial charge is 0.0956 e. The Morgan fingerprint density at radius 3 is 2.56 bits per heavy atom. The molecule has 9 heavy (non-hydrogen) atoms. The van der Waals surface area contributed by atoms with E-state index in [4.69, 9.17) is 5.26 Å². The van der Waals surface area contributed by atoms with Crippen LogP contribution in [0.15, 0.2) is 0 Å². The van der Waals surface area contributed by atoms with Crippen LogP contribution in [-0.2, 0) is 0 Å². The molecule has 0 saturated carbocycles. The van der Waals surface area contributed by atoms with Crippen molar-refractivity contribution in [3.63, 3.8) is 0 Å². The van der Waals surface area contributed by atoms with E-state index < -0.39 is 0 Å². The van der Waals surface area contributed by atoms with E-state index in [1.165, 1.54) is 0 Å². The summed E-state index contributed by atoms with van der Waals surface area (Å²) in [4.78, 5) is 0. The highest BCUT2D eigenvalue weighted by Crippen LogP contribution is 2.10. The largest absolute Gasteiger partial charge is 0.302 e. The van der Waals surface area contributed by atoms with Crippen LogP contribution in [-0.4, -0.2) is 12.6 Å². The molecule has 2 atom stereocenters. The minimum atomic E-state index is 0. The molecule has 0 aromatic carbocycles. The first-order chi connectivity index (χ1) is 3.83. The lowest BCUT2D eigenvalue weighted by molar-refractivity contribution is 0.643. The van der Waals surface area contributed by atoms with Crippen LogP contribution in [0.3, 0.4) is 0 Å². The first-order valence-electron chi connectivity index (χ1n) is 2.96. The number of nitriles is 1. The van der Waals surface area contributed by atoms with Gasteiger partial charge in [-0.25, -0.2) is 0 Å². The van der Waals surface area contributed by atoms with Crippen LogP contribution >= 0.6 is 12.4 Å². The summed E-state index contributed by atoms with van der Waals surface area (Å²) in [6, 6.07) is 2.31. The van der Waals surface area contributed by atoms with E-state index in [-0.39, 0.29) is 18.4 Å². The molecule has 1 heterocycles. The Morgan fingerprint density at radius 2 is 2.33 bits per heavy atom. The van der Waals surface area contributed by atoms with E-state index in [2.05, 4.69) is 18.3 Å². The van der Waals surface area contributed by atoms with Gasteiger partial charge in [-0.15, -0.1) is 12.4 Å². The summed E-state index contributed by atoms with van der Waals surface area (Å²) in [5.74, 6) is 0.694. The highest BCUT2D eigenvalue weighted by molar-refractivity contribution is 5.85. The first-order valence-corrected chi connectivity index (χ1v) is 2.96. The van der Waals surface area contributed by atoms with Gasteiger partial charge in [-0.1, -0.05) is 6.92 Å². The molecule has 1 rings (SSSR count). The van der Waals surface area contributed by atoms with Gasteiger partial charge in [0.2, 0.25) is 0 Å². The Morgan fingerprint density at radius 1 is 1.67 bits per heavy atom. The lowest BCUT2D eigenvalue weighted by Gasteiger charge is -1.93. The monoisotopic (exact) mass is 146 g/mol. The predicted molar refractivity (Wildman–Crippen MR) is 38.4 cm³/mol. The molecule has 0 amide bonds. The summed E-state index contributed by atoms with van der Waals surface area (Å²) in [6.07, 6.45) is 1.02. The molecule has 1 saturated heterocycles. The van der Waals surface area contributed by atoms with Gasteiger partial charge in [-0.05, 0) is 18.9 Å². The number of nitrogens with one attached hydrogen (secondary N) is 1. The van der Waals surface area contributed by atoms with E-state index in [9.17, 15) is 0 Å². The third kappa shape index (κ3) is 2.21. The number of nitrogens with zero attached hydrogens (tertiary/aromatic N) is 1. The highest BCUT2D eigenvalue weighted by atomic mass is 35.5. The van der Waals surface area contributed by atoms with Crippen molar-refractivity contribution in [3.05, 3.63) is 0 Å². The minimum Gasteiger partial charge on any atom is -0.302 e. The quantitative estimate of drug-likeness (QED) is 0.552. The van der Waals surface area contributed by atoms with Gasteiger partial charge in [-0.2, -0.15) is 5.26 Å². The normalized spacial score (nSPS) is 32.9. The van der Waals surface area contributed by atoms with Crippen molar-refractivity contribution in [2.75, 3.05) is 6.54 Å². The van der Waals surface area contributed by atoms with Crippen LogP contribution < -0.4 is 5.32 Å². The van der Waals surface area contributed by atoms with Gasteiger partial charge in [0.15, 0.2) is 0 Å². The van der Waals surface area contributed by atoms with Crippen LogP contribution in [0.2, 0.25) is 0 Å². The zero-order chi connectivity index (χ0) is 5.98. The van der Waals surface area contributed by atoms with Crippen molar-refractivity contribution in [1.29, 1.82) is 5.26 Å². The Labute approximate surface area is 61.7 Å². The zero-order valence-corrected chi connectivity index (χ0v) is 6.24. The molecule has 0 bridgehead atoms. The second kappa shape index (κ2) is 3.71. The third-order valence-electron chi connectivity index (χ3n) is 1.51. The standard InChI is InChI=1S/C6H10N2.ClH/c1-5-2-6(3-7)8-4-5;/h5-6,8H,2,4H2,1H3;1H/t5-,6-;/m0./s1. The number of hydrogen-bond donors (Lipinski definition) is 1. The molecule has 0 aliphatic carbocycles. The van der Waals surface area contributed by atoms with Crippen LogP contribution in [0.25, 0.3) is 0 Å². The second-order valence-corrected chi connectivity index (χ2v) is 2.43. The molecule has 1 fully saturated rings. The van der Waals surface area contributed by atoms with Crippen LogP contribution in [0, 0.1) is 17.2 Å². The van der Waals surface area contributed by atoms with E-state index in [0.717, 1.165) is 13.0 Å². The van der Waals surface area contributed by atoms with E-state index in [1.807, 2.05) is 0 Å². The second-order valence-electron chi connectivity index (χ2n) is 2.43. The summed E-state index contributed by atoms with van der Waals surface area (Å²) >= 11 is 0. The molecular weight excluding hydrogens is 136 g/mol. The van der Waals surface area contributed by atoms with Crippen LogP contribution in [0.1, 0.15) is 13.3 Å². The molecule has 0 aromatic rings. The fourth-order valence-electron chi connectivity index (χ4n) is 1.01. The molecule has 52 valence electrons. The minimum absolute atomic E-state index is 0. The van der Waals surface area contributed by atoms with Gasteiger partial charge >= 0.3 is 0 Å². The summed E-state index contributed by atoms with van der Waals surface area (Å²) < 4.78 is 0. The van der Waals surface area contributed by atoms with Crippen LogP contribution in [0.4, 0.5) is 0 Å². The number of rotatable bonds is 0. The molecule has 1 aliphatic rings. The summed E-state index contributed by atoms with van der Waals surface area (Å²) in [5, 5.41) is 11.5. The topological polar surface area (TPSA) is 35.8 Å².